The molecule has 3 heteroatoms. The fourth-order valence-electron chi connectivity index (χ4n) is 1.70. The molecular formula is C13H21NO2. The number of methoxy groups -OCH3 is 1. The number of nitrogens with two attached hydrogens (primary N) is 1. The number of hydrogen-bond donors (Lipinski definition) is 1. The summed E-state index contributed by atoms with van der Waals surface area (Å²) in [6, 6.07) is 7.92. The van der Waals surface area contributed by atoms with Gasteiger partial charge in [0.15, 0.2) is 0 Å². The standard InChI is InChI=1S/C13H21NO2/c1-4-13(14,10-15-3)11-6-8-12(9-7-11)16-5-2/h6-9H,4-5,10,14H2,1-3H3. The van der Waals surface area contributed by atoms with Crippen molar-refractivity contribution >= 4 is 0 Å². The maximum absolute atomic E-state index is 6.29. The molecule has 0 fully saturated rings. The van der Waals surface area contributed by atoms with Gasteiger partial charge < -0.3 is 15.2 Å². The molecule has 0 heterocycles. The van der Waals surface area contributed by atoms with Crippen LogP contribution in [0.4, 0.5) is 0 Å². The molecule has 0 saturated carbocycles. The lowest BCUT2D eigenvalue weighted by Crippen LogP contribution is -2.40. The highest BCUT2D eigenvalue weighted by Gasteiger charge is 2.24. The van der Waals surface area contributed by atoms with Gasteiger partial charge in [0.2, 0.25) is 0 Å². The van der Waals surface area contributed by atoms with Crippen LogP contribution < -0.4 is 10.5 Å². The Bertz CT molecular complexity index is 310. The van der Waals surface area contributed by atoms with E-state index in [9.17, 15) is 0 Å². The summed E-state index contributed by atoms with van der Waals surface area (Å²) in [5.41, 5.74) is 6.97. The van der Waals surface area contributed by atoms with E-state index in [4.69, 9.17) is 15.2 Å². The Labute approximate surface area is 97.6 Å². The van der Waals surface area contributed by atoms with Crippen LogP contribution in [0.2, 0.25) is 0 Å². The third-order valence-electron chi connectivity index (χ3n) is 2.77. The average molecular weight is 223 g/mol. The third kappa shape index (κ3) is 2.97. The molecule has 1 unspecified atom stereocenters. The van der Waals surface area contributed by atoms with Crippen LogP contribution in [0.5, 0.6) is 5.75 Å². The highest BCUT2D eigenvalue weighted by atomic mass is 16.5. The summed E-state index contributed by atoms with van der Waals surface area (Å²) in [7, 11) is 1.67. The van der Waals surface area contributed by atoms with Gasteiger partial charge in [-0.3, -0.25) is 0 Å². The summed E-state index contributed by atoms with van der Waals surface area (Å²) in [5.74, 6) is 0.877. The molecule has 2 N–H and O–H groups in total. The Hall–Kier alpha value is -1.06. The molecule has 0 saturated heterocycles. The summed E-state index contributed by atoms with van der Waals surface area (Å²) < 4.78 is 10.6. The van der Waals surface area contributed by atoms with Gasteiger partial charge in [0.1, 0.15) is 5.75 Å². The molecule has 0 aliphatic heterocycles. The molecule has 0 aliphatic carbocycles. The second-order valence-electron chi connectivity index (χ2n) is 3.90. The van der Waals surface area contributed by atoms with Crippen LogP contribution in [0.3, 0.4) is 0 Å². The normalized spacial score (nSPS) is 14.5. The SMILES string of the molecule is CCOc1ccc(C(N)(CC)COC)cc1. The van der Waals surface area contributed by atoms with E-state index in [1.54, 1.807) is 7.11 Å². The maximum atomic E-state index is 6.29. The van der Waals surface area contributed by atoms with Gasteiger partial charge in [0.25, 0.3) is 0 Å². The van der Waals surface area contributed by atoms with Gasteiger partial charge in [-0.15, -0.1) is 0 Å². The first-order valence-corrected chi connectivity index (χ1v) is 5.67. The van der Waals surface area contributed by atoms with E-state index in [1.807, 2.05) is 31.2 Å². The summed E-state index contributed by atoms with van der Waals surface area (Å²) >= 11 is 0. The molecule has 1 rings (SSSR count). The van der Waals surface area contributed by atoms with E-state index < -0.39 is 5.54 Å². The molecule has 0 aromatic heterocycles. The van der Waals surface area contributed by atoms with Gasteiger partial charge in [-0.2, -0.15) is 0 Å². The molecule has 1 atom stereocenters. The molecule has 16 heavy (non-hydrogen) atoms. The molecule has 1 aromatic rings. The van der Waals surface area contributed by atoms with Crippen molar-refractivity contribution < 1.29 is 9.47 Å². The van der Waals surface area contributed by atoms with Crippen molar-refractivity contribution in [2.45, 2.75) is 25.8 Å². The predicted molar refractivity (Wildman–Crippen MR) is 65.6 cm³/mol. The first-order valence-electron chi connectivity index (χ1n) is 5.67. The molecule has 0 spiro atoms. The number of rotatable bonds is 6. The molecule has 1 aromatic carbocycles. The minimum Gasteiger partial charge on any atom is -0.494 e. The van der Waals surface area contributed by atoms with Crippen molar-refractivity contribution in [3.63, 3.8) is 0 Å². The highest BCUT2D eigenvalue weighted by molar-refractivity contribution is 5.31. The molecule has 90 valence electrons. The predicted octanol–water partition coefficient (Wildman–Crippen LogP) is 2.30. The van der Waals surface area contributed by atoms with Crippen molar-refractivity contribution in [1.29, 1.82) is 0 Å². The van der Waals surface area contributed by atoms with E-state index in [1.165, 1.54) is 0 Å². The van der Waals surface area contributed by atoms with Crippen LogP contribution >= 0.6 is 0 Å². The molecular weight excluding hydrogens is 202 g/mol. The van der Waals surface area contributed by atoms with Crippen molar-refractivity contribution in [2.75, 3.05) is 20.3 Å². The Morgan fingerprint density at radius 1 is 1.19 bits per heavy atom. The van der Waals surface area contributed by atoms with Crippen LogP contribution in [0.1, 0.15) is 25.8 Å². The largest absolute Gasteiger partial charge is 0.494 e. The lowest BCUT2D eigenvalue weighted by molar-refractivity contribution is 0.129. The number of ether oxygens (including phenoxy) is 2. The van der Waals surface area contributed by atoms with Crippen molar-refractivity contribution in [2.24, 2.45) is 5.73 Å². The summed E-state index contributed by atoms with van der Waals surface area (Å²) in [5, 5.41) is 0. The lowest BCUT2D eigenvalue weighted by Gasteiger charge is -2.28. The zero-order valence-corrected chi connectivity index (χ0v) is 10.3. The molecule has 0 bridgehead atoms. The Kier molecular flexibility index (Phi) is 4.77. The summed E-state index contributed by atoms with van der Waals surface area (Å²) in [4.78, 5) is 0. The van der Waals surface area contributed by atoms with E-state index >= 15 is 0 Å². The minimum absolute atomic E-state index is 0.403. The fraction of sp³-hybridized carbons (Fsp3) is 0.538. The van der Waals surface area contributed by atoms with Gasteiger partial charge in [-0.25, -0.2) is 0 Å². The maximum Gasteiger partial charge on any atom is 0.119 e. The molecule has 0 radical (unpaired) electrons. The first-order chi connectivity index (χ1) is 7.66. The van der Waals surface area contributed by atoms with Crippen molar-refractivity contribution in [3.8, 4) is 5.75 Å². The minimum atomic E-state index is -0.403. The third-order valence-corrected chi connectivity index (χ3v) is 2.77. The second kappa shape index (κ2) is 5.87. The van der Waals surface area contributed by atoms with Crippen molar-refractivity contribution in [1.82, 2.24) is 0 Å². The van der Waals surface area contributed by atoms with Gasteiger partial charge in [-0.1, -0.05) is 19.1 Å². The topological polar surface area (TPSA) is 44.5 Å². The highest BCUT2D eigenvalue weighted by Crippen LogP contribution is 2.24. The zero-order chi connectivity index (χ0) is 12.0. The Balaban J connectivity index is 2.85. The van der Waals surface area contributed by atoms with E-state index in [0.717, 1.165) is 17.7 Å². The van der Waals surface area contributed by atoms with Gasteiger partial charge in [-0.05, 0) is 31.0 Å². The van der Waals surface area contributed by atoms with E-state index in [0.29, 0.717) is 13.2 Å². The van der Waals surface area contributed by atoms with Gasteiger partial charge in [0.05, 0.1) is 18.8 Å². The van der Waals surface area contributed by atoms with Gasteiger partial charge in [0, 0.05) is 7.11 Å². The smallest absolute Gasteiger partial charge is 0.119 e. The van der Waals surface area contributed by atoms with Crippen LogP contribution in [0, 0.1) is 0 Å². The quantitative estimate of drug-likeness (QED) is 0.804. The second-order valence-corrected chi connectivity index (χ2v) is 3.90. The molecule has 3 nitrogen and oxygen atoms in total. The zero-order valence-electron chi connectivity index (χ0n) is 10.3. The average Bonchev–Trinajstić information content (AvgIpc) is 2.30. The fourth-order valence-corrected chi connectivity index (χ4v) is 1.70. The Morgan fingerprint density at radius 3 is 2.25 bits per heavy atom. The van der Waals surface area contributed by atoms with E-state index in [2.05, 4.69) is 6.92 Å². The lowest BCUT2D eigenvalue weighted by atomic mass is 9.89. The Morgan fingerprint density at radius 2 is 1.81 bits per heavy atom. The van der Waals surface area contributed by atoms with Crippen molar-refractivity contribution in [3.05, 3.63) is 29.8 Å². The molecule has 0 amide bonds. The first kappa shape index (κ1) is 13.0. The number of benzene rings is 1. The van der Waals surface area contributed by atoms with Gasteiger partial charge >= 0.3 is 0 Å². The summed E-state index contributed by atoms with van der Waals surface area (Å²) in [6.45, 7) is 5.24. The van der Waals surface area contributed by atoms with E-state index in [-0.39, 0.29) is 0 Å². The van der Waals surface area contributed by atoms with Crippen LogP contribution in [0.25, 0.3) is 0 Å². The monoisotopic (exact) mass is 223 g/mol. The summed E-state index contributed by atoms with van der Waals surface area (Å²) in [6.07, 6.45) is 0.842. The van der Waals surface area contributed by atoms with Crippen LogP contribution in [-0.4, -0.2) is 20.3 Å². The van der Waals surface area contributed by atoms with Crippen LogP contribution in [0.15, 0.2) is 24.3 Å². The van der Waals surface area contributed by atoms with Crippen LogP contribution in [-0.2, 0) is 10.3 Å². The number of hydrogen-bond acceptors (Lipinski definition) is 3. The molecule has 0 aliphatic rings.